The van der Waals surface area contributed by atoms with E-state index in [9.17, 15) is 4.79 Å². The molecule has 2 rings (SSSR count). The first-order valence-electron chi connectivity index (χ1n) is 6.92. The molecule has 1 unspecified atom stereocenters. The zero-order chi connectivity index (χ0) is 12.3. The fourth-order valence-electron chi connectivity index (χ4n) is 2.76. The van der Waals surface area contributed by atoms with Crippen molar-refractivity contribution in [2.24, 2.45) is 0 Å². The van der Waals surface area contributed by atoms with E-state index in [0.717, 1.165) is 39.1 Å². The maximum atomic E-state index is 12.1. The highest BCUT2D eigenvalue weighted by molar-refractivity contribution is 5.77. The number of nitrogens with one attached hydrogen (secondary N) is 1. The third-order valence-electron chi connectivity index (χ3n) is 3.98. The first-order valence-corrected chi connectivity index (χ1v) is 6.92. The molecule has 0 radical (unpaired) electrons. The molecule has 0 saturated carbocycles. The second-order valence-corrected chi connectivity index (χ2v) is 5.51. The van der Waals surface area contributed by atoms with Gasteiger partial charge in [0.2, 0.25) is 5.91 Å². The lowest BCUT2D eigenvalue weighted by Gasteiger charge is -2.37. The molecule has 0 aromatic carbocycles. The van der Waals surface area contributed by atoms with Gasteiger partial charge in [-0.15, -0.1) is 0 Å². The molecule has 2 heterocycles. The van der Waals surface area contributed by atoms with Crippen molar-refractivity contribution in [1.82, 2.24) is 15.1 Å². The van der Waals surface area contributed by atoms with Gasteiger partial charge in [-0.3, -0.25) is 9.69 Å². The van der Waals surface area contributed by atoms with Crippen LogP contribution in [0.15, 0.2) is 0 Å². The van der Waals surface area contributed by atoms with Crippen LogP contribution < -0.4 is 5.32 Å². The average Bonchev–Trinajstić information content (AvgIpc) is 2.82. The zero-order valence-electron chi connectivity index (χ0n) is 11.1. The van der Waals surface area contributed by atoms with Crippen LogP contribution in [-0.2, 0) is 4.79 Å². The smallest absolute Gasteiger partial charge is 0.224 e. The monoisotopic (exact) mass is 239 g/mol. The Morgan fingerprint density at radius 2 is 2.00 bits per heavy atom. The molecule has 4 nitrogen and oxygen atoms in total. The van der Waals surface area contributed by atoms with Crippen molar-refractivity contribution in [1.29, 1.82) is 0 Å². The molecule has 1 N–H and O–H groups in total. The summed E-state index contributed by atoms with van der Waals surface area (Å²) >= 11 is 0. The van der Waals surface area contributed by atoms with Crippen molar-refractivity contribution in [2.45, 2.75) is 45.2 Å². The molecule has 4 heteroatoms. The Labute approximate surface area is 104 Å². The van der Waals surface area contributed by atoms with Crippen LogP contribution >= 0.6 is 0 Å². The highest BCUT2D eigenvalue weighted by atomic mass is 16.2. The van der Waals surface area contributed by atoms with Gasteiger partial charge >= 0.3 is 0 Å². The lowest BCUT2D eigenvalue weighted by atomic mass is 10.1. The SMILES string of the molecule is CC(C)N1CCN(C(=O)CC2CCCN2)CC1. The van der Waals surface area contributed by atoms with Crippen LogP contribution in [-0.4, -0.2) is 60.5 Å². The van der Waals surface area contributed by atoms with E-state index in [1.165, 1.54) is 6.42 Å². The highest BCUT2D eigenvalue weighted by Gasteiger charge is 2.25. The van der Waals surface area contributed by atoms with Crippen LogP contribution in [0.2, 0.25) is 0 Å². The largest absolute Gasteiger partial charge is 0.340 e. The van der Waals surface area contributed by atoms with E-state index in [1.807, 2.05) is 4.90 Å². The molecule has 17 heavy (non-hydrogen) atoms. The molecule has 2 fully saturated rings. The Balaban J connectivity index is 1.74. The molecule has 2 aliphatic rings. The summed E-state index contributed by atoms with van der Waals surface area (Å²) in [6.45, 7) is 9.40. The van der Waals surface area contributed by atoms with Gasteiger partial charge in [0.05, 0.1) is 0 Å². The van der Waals surface area contributed by atoms with Crippen molar-refractivity contribution in [3.05, 3.63) is 0 Å². The number of carbonyl (C=O) groups is 1. The first kappa shape index (κ1) is 12.8. The molecule has 1 atom stereocenters. The van der Waals surface area contributed by atoms with Crippen molar-refractivity contribution in [3.63, 3.8) is 0 Å². The number of hydrogen-bond donors (Lipinski definition) is 1. The third kappa shape index (κ3) is 3.42. The number of amides is 1. The fraction of sp³-hybridized carbons (Fsp3) is 0.923. The number of carbonyl (C=O) groups excluding carboxylic acids is 1. The standard InChI is InChI=1S/C13H25N3O/c1-11(2)15-6-8-16(9-7-15)13(17)10-12-4-3-5-14-12/h11-12,14H,3-10H2,1-2H3. The van der Waals surface area contributed by atoms with Gasteiger partial charge in [-0.2, -0.15) is 0 Å². The number of nitrogens with zero attached hydrogens (tertiary/aromatic N) is 2. The molecular weight excluding hydrogens is 214 g/mol. The number of hydrogen-bond acceptors (Lipinski definition) is 3. The Morgan fingerprint density at radius 3 is 2.53 bits per heavy atom. The lowest BCUT2D eigenvalue weighted by Crippen LogP contribution is -2.51. The van der Waals surface area contributed by atoms with Crippen molar-refractivity contribution < 1.29 is 4.79 Å². The van der Waals surface area contributed by atoms with Crippen molar-refractivity contribution >= 4 is 5.91 Å². The summed E-state index contributed by atoms with van der Waals surface area (Å²) in [5.41, 5.74) is 0. The van der Waals surface area contributed by atoms with Crippen molar-refractivity contribution in [2.75, 3.05) is 32.7 Å². The molecule has 2 aliphatic heterocycles. The predicted octanol–water partition coefficient (Wildman–Crippen LogP) is 0.681. The Morgan fingerprint density at radius 1 is 1.29 bits per heavy atom. The van der Waals surface area contributed by atoms with E-state index in [1.54, 1.807) is 0 Å². The van der Waals surface area contributed by atoms with Gasteiger partial charge in [0.15, 0.2) is 0 Å². The molecule has 0 aromatic rings. The van der Waals surface area contributed by atoms with Crippen LogP contribution in [0.25, 0.3) is 0 Å². The second kappa shape index (κ2) is 5.83. The summed E-state index contributed by atoms with van der Waals surface area (Å²) < 4.78 is 0. The molecule has 0 aromatic heterocycles. The molecule has 0 aliphatic carbocycles. The van der Waals surface area contributed by atoms with E-state index in [-0.39, 0.29) is 0 Å². The van der Waals surface area contributed by atoms with Gasteiger partial charge < -0.3 is 10.2 Å². The normalized spacial score (nSPS) is 26.8. The van der Waals surface area contributed by atoms with Crippen molar-refractivity contribution in [3.8, 4) is 0 Å². The molecule has 0 bridgehead atoms. The number of piperazine rings is 1. The van der Waals surface area contributed by atoms with E-state index in [4.69, 9.17) is 0 Å². The Hall–Kier alpha value is -0.610. The summed E-state index contributed by atoms with van der Waals surface area (Å²) in [7, 11) is 0. The minimum atomic E-state index is 0.341. The summed E-state index contributed by atoms with van der Waals surface area (Å²) in [5.74, 6) is 0.341. The van der Waals surface area contributed by atoms with Crippen LogP contribution in [0.5, 0.6) is 0 Å². The molecular formula is C13H25N3O. The summed E-state index contributed by atoms with van der Waals surface area (Å²) in [6, 6.07) is 1.04. The molecule has 0 spiro atoms. The topological polar surface area (TPSA) is 35.6 Å². The Bertz CT molecular complexity index is 253. The predicted molar refractivity (Wildman–Crippen MR) is 68.9 cm³/mol. The zero-order valence-corrected chi connectivity index (χ0v) is 11.1. The summed E-state index contributed by atoms with van der Waals surface area (Å²) in [4.78, 5) is 16.6. The Kier molecular flexibility index (Phi) is 4.40. The average molecular weight is 239 g/mol. The van der Waals surface area contributed by atoms with Gasteiger partial charge in [0.25, 0.3) is 0 Å². The van der Waals surface area contributed by atoms with Crippen LogP contribution in [0.4, 0.5) is 0 Å². The van der Waals surface area contributed by atoms with Gasteiger partial charge in [-0.05, 0) is 33.2 Å². The highest BCUT2D eigenvalue weighted by Crippen LogP contribution is 2.12. The number of rotatable bonds is 3. The van der Waals surface area contributed by atoms with E-state index in [2.05, 4.69) is 24.1 Å². The summed E-state index contributed by atoms with van der Waals surface area (Å²) in [6.07, 6.45) is 3.08. The van der Waals surface area contributed by atoms with Crippen LogP contribution in [0.1, 0.15) is 33.1 Å². The van der Waals surface area contributed by atoms with Gasteiger partial charge in [-0.1, -0.05) is 0 Å². The molecule has 2 saturated heterocycles. The maximum Gasteiger partial charge on any atom is 0.224 e. The van der Waals surface area contributed by atoms with E-state index >= 15 is 0 Å². The maximum absolute atomic E-state index is 12.1. The third-order valence-corrected chi connectivity index (χ3v) is 3.98. The summed E-state index contributed by atoms with van der Waals surface area (Å²) in [5, 5.41) is 3.40. The van der Waals surface area contributed by atoms with Crippen LogP contribution in [0.3, 0.4) is 0 Å². The molecule has 98 valence electrons. The van der Waals surface area contributed by atoms with Gasteiger partial charge in [-0.25, -0.2) is 0 Å². The van der Waals surface area contributed by atoms with Gasteiger partial charge in [0, 0.05) is 44.7 Å². The quantitative estimate of drug-likeness (QED) is 0.787. The first-order chi connectivity index (χ1) is 8.16. The van der Waals surface area contributed by atoms with Crippen LogP contribution in [0, 0.1) is 0 Å². The minimum absolute atomic E-state index is 0.341. The molecule has 1 amide bonds. The van der Waals surface area contributed by atoms with Gasteiger partial charge in [0.1, 0.15) is 0 Å². The second-order valence-electron chi connectivity index (χ2n) is 5.51. The fourth-order valence-corrected chi connectivity index (χ4v) is 2.76. The lowest BCUT2D eigenvalue weighted by molar-refractivity contribution is -0.133. The minimum Gasteiger partial charge on any atom is -0.340 e. The van der Waals surface area contributed by atoms with E-state index < -0.39 is 0 Å². The van der Waals surface area contributed by atoms with E-state index in [0.29, 0.717) is 24.4 Å².